The molecule has 2 heterocycles. The second-order valence-corrected chi connectivity index (χ2v) is 5.95. The highest BCUT2D eigenvalue weighted by atomic mass is 19.4. The molecule has 2 aromatic rings. The molecule has 1 saturated heterocycles. The number of hydrogen-bond donors (Lipinski definition) is 3. The van der Waals surface area contributed by atoms with Gasteiger partial charge < -0.3 is 16.2 Å². The summed E-state index contributed by atoms with van der Waals surface area (Å²) in [5, 5.41) is 13.2. The van der Waals surface area contributed by atoms with Gasteiger partial charge in [0.25, 0.3) is 0 Å². The van der Waals surface area contributed by atoms with E-state index in [1.54, 1.807) is 18.3 Å². The number of nitrogens with zero attached hydrogens (tertiary/aromatic N) is 2. The summed E-state index contributed by atoms with van der Waals surface area (Å²) < 4.78 is 38.5. The third-order valence-electron chi connectivity index (χ3n) is 4.04. The molecular weight excluding hydrogens is 333 g/mol. The van der Waals surface area contributed by atoms with Crippen LogP contribution in [0.4, 0.5) is 19.0 Å². The summed E-state index contributed by atoms with van der Waals surface area (Å²) in [6.45, 7) is 3.13. The molecule has 1 aromatic carbocycles. The van der Waals surface area contributed by atoms with Crippen LogP contribution in [-0.4, -0.2) is 35.4 Å². The fraction of sp³-hybridized carbons (Fsp3) is 0.294. The first kappa shape index (κ1) is 17.2. The average Bonchev–Trinajstić information content (AvgIpc) is 2.46. The number of anilines is 1. The predicted molar refractivity (Wildman–Crippen MR) is 89.7 cm³/mol. The first-order valence-corrected chi connectivity index (χ1v) is 7.67. The summed E-state index contributed by atoms with van der Waals surface area (Å²) in [6, 6.07) is 5.18. The number of phenolic OH excluding ortho intramolecular Hbond substituents is 1. The molecule has 1 fully saturated rings. The summed E-state index contributed by atoms with van der Waals surface area (Å²) in [4.78, 5) is 8.56. The van der Waals surface area contributed by atoms with E-state index in [-0.39, 0.29) is 23.0 Å². The number of aromatic hydroxyl groups is 1. The van der Waals surface area contributed by atoms with Gasteiger partial charge in [0.1, 0.15) is 11.6 Å². The fourth-order valence-electron chi connectivity index (χ4n) is 2.56. The van der Waals surface area contributed by atoms with Crippen LogP contribution < -0.4 is 11.1 Å². The number of aliphatic imine (C=N–C) groups is 1. The SMILES string of the molecule is Cc1cc(C(F)(F)F)cc(O)c1-c1ccc(C=NC2CNC2)c(N)n1. The van der Waals surface area contributed by atoms with E-state index in [1.165, 1.54) is 6.92 Å². The molecule has 0 aliphatic carbocycles. The van der Waals surface area contributed by atoms with Crippen molar-refractivity contribution in [1.82, 2.24) is 10.3 Å². The molecule has 1 aromatic heterocycles. The third kappa shape index (κ3) is 3.58. The van der Waals surface area contributed by atoms with Crippen LogP contribution in [0.5, 0.6) is 5.75 Å². The van der Waals surface area contributed by atoms with Crippen LogP contribution in [0.15, 0.2) is 29.3 Å². The Kier molecular flexibility index (Phi) is 4.38. The zero-order chi connectivity index (χ0) is 18.2. The maximum Gasteiger partial charge on any atom is 0.416 e. The molecule has 1 aliphatic heterocycles. The zero-order valence-electron chi connectivity index (χ0n) is 13.4. The minimum absolute atomic E-state index is 0.201. The molecule has 0 unspecified atom stereocenters. The molecule has 4 N–H and O–H groups in total. The van der Waals surface area contributed by atoms with Crippen molar-refractivity contribution in [1.29, 1.82) is 0 Å². The molecule has 132 valence electrons. The van der Waals surface area contributed by atoms with Gasteiger partial charge >= 0.3 is 6.18 Å². The number of nitrogens with two attached hydrogens (primary N) is 1. The Hall–Kier alpha value is -2.61. The van der Waals surface area contributed by atoms with Gasteiger partial charge in [-0.2, -0.15) is 13.2 Å². The quantitative estimate of drug-likeness (QED) is 0.744. The molecule has 0 spiro atoms. The molecule has 5 nitrogen and oxygen atoms in total. The third-order valence-corrected chi connectivity index (χ3v) is 4.04. The lowest BCUT2D eigenvalue weighted by atomic mass is 10.00. The van der Waals surface area contributed by atoms with Crippen molar-refractivity contribution < 1.29 is 18.3 Å². The van der Waals surface area contributed by atoms with Crippen molar-refractivity contribution in [2.45, 2.75) is 19.1 Å². The van der Waals surface area contributed by atoms with E-state index in [2.05, 4.69) is 15.3 Å². The van der Waals surface area contributed by atoms with Gasteiger partial charge in [-0.15, -0.1) is 0 Å². The van der Waals surface area contributed by atoms with Crippen molar-refractivity contribution >= 4 is 12.0 Å². The maximum atomic E-state index is 12.8. The number of hydrogen-bond acceptors (Lipinski definition) is 5. The number of benzene rings is 1. The number of rotatable bonds is 3. The lowest BCUT2D eigenvalue weighted by Crippen LogP contribution is -2.45. The van der Waals surface area contributed by atoms with Crippen LogP contribution in [0.2, 0.25) is 0 Å². The predicted octanol–water partition coefficient (Wildman–Crippen LogP) is 2.75. The van der Waals surface area contributed by atoms with Gasteiger partial charge in [0, 0.05) is 30.4 Å². The van der Waals surface area contributed by atoms with Crippen molar-refractivity contribution in [3.8, 4) is 17.0 Å². The van der Waals surface area contributed by atoms with E-state index >= 15 is 0 Å². The van der Waals surface area contributed by atoms with E-state index in [1.807, 2.05) is 0 Å². The van der Waals surface area contributed by atoms with Crippen LogP contribution in [-0.2, 0) is 6.18 Å². The van der Waals surface area contributed by atoms with Crippen LogP contribution >= 0.6 is 0 Å². The first-order valence-electron chi connectivity index (χ1n) is 7.67. The summed E-state index contributed by atoms with van der Waals surface area (Å²) in [6.07, 6.45) is -2.89. The number of halogens is 3. The highest BCUT2D eigenvalue weighted by Crippen LogP contribution is 2.38. The standard InChI is InChI=1S/C17H17F3N4O/c1-9-4-11(17(18,19)20)5-14(25)15(9)13-3-2-10(16(21)24-13)6-23-12-7-22-8-12/h2-6,12,22,25H,7-8H2,1H3,(H2,21,24). The van der Waals surface area contributed by atoms with Crippen molar-refractivity contribution in [3.63, 3.8) is 0 Å². The molecule has 0 saturated carbocycles. The Morgan fingerprint density at radius 1 is 1.32 bits per heavy atom. The molecule has 8 heteroatoms. The molecule has 0 radical (unpaired) electrons. The second kappa shape index (κ2) is 6.36. The Bertz CT molecular complexity index is 806. The average molecular weight is 350 g/mol. The molecule has 0 atom stereocenters. The lowest BCUT2D eigenvalue weighted by Gasteiger charge is -2.22. The minimum Gasteiger partial charge on any atom is -0.507 e. The fourth-order valence-corrected chi connectivity index (χ4v) is 2.56. The zero-order valence-corrected chi connectivity index (χ0v) is 13.4. The van der Waals surface area contributed by atoms with Gasteiger partial charge in [-0.3, -0.25) is 4.99 Å². The van der Waals surface area contributed by atoms with E-state index in [4.69, 9.17) is 5.73 Å². The Morgan fingerprint density at radius 2 is 2.04 bits per heavy atom. The van der Waals surface area contributed by atoms with Crippen LogP contribution in [0.1, 0.15) is 16.7 Å². The van der Waals surface area contributed by atoms with E-state index in [0.29, 0.717) is 17.3 Å². The minimum atomic E-state index is -4.52. The summed E-state index contributed by atoms with van der Waals surface area (Å²) in [5.74, 6) is -0.284. The number of nitrogen functional groups attached to an aromatic ring is 1. The van der Waals surface area contributed by atoms with E-state index < -0.39 is 17.5 Å². The topological polar surface area (TPSA) is 83.5 Å². The maximum absolute atomic E-state index is 12.8. The van der Waals surface area contributed by atoms with Crippen molar-refractivity contribution in [2.75, 3.05) is 18.8 Å². The first-order chi connectivity index (χ1) is 11.8. The molecule has 0 bridgehead atoms. The number of alkyl halides is 3. The normalized spacial score (nSPS) is 15.5. The van der Waals surface area contributed by atoms with Crippen molar-refractivity contribution in [2.24, 2.45) is 4.99 Å². The summed E-state index contributed by atoms with van der Waals surface area (Å²) >= 11 is 0. The van der Waals surface area contributed by atoms with Gasteiger partial charge in [-0.1, -0.05) is 0 Å². The Labute approximate surface area is 142 Å². The van der Waals surface area contributed by atoms with Gasteiger partial charge in [0.05, 0.1) is 17.3 Å². The Balaban J connectivity index is 1.94. The number of pyridine rings is 1. The van der Waals surface area contributed by atoms with Crippen molar-refractivity contribution in [3.05, 3.63) is 41.0 Å². The number of nitrogens with one attached hydrogen (secondary N) is 1. The molecule has 25 heavy (non-hydrogen) atoms. The summed E-state index contributed by atoms with van der Waals surface area (Å²) in [7, 11) is 0. The smallest absolute Gasteiger partial charge is 0.416 e. The second-order valence-electron chi connectivity index (χ2n) is 5.95. The summed E-state index contributed by atoms with van der Waals surface area (Å²) in [5.41, 5.74) is 6.45. The molecule has 0 amide bonds. The molecule has 1 aliphatic rings. The lowest BCUT2D eigenvalue weighted by molar-refractivity contribution is -0.137. The molecular formula is C17H17F3N4O. The van der Waals surface area contributed by atoms with Gasteiger partial charge in [0.2, 0.25) is 0 Å². The van der Waals surface area contributed by atoms with Gasteiger partial charge in [0.15, 0.2) is 0 Å². The highest BCUT2D eigenvalue weighted by molar-refractivity contribution is 5.87. The number of aromatic nitrogens is 1. The monoisotopic (exact) mass is 350 g/mol. The largest absolute Gasteiger partial charge is 0.507 e. The van der Waals surface area contributed by atoms with Crippen LogP contribution in [0.3, 0.4) is 0 Å². The highest BCUT2D eigenvalue weighted by Gasteiger charge is 2.32. The number of aryl methyl sites for hydroxylation is 1. The van der Waals surface area contributed by atoms with Crippen LogP contribution in [0.25, 0.3) is 11.3 Å². The van der Waals surface area contributed by atoms with E-state index in [9.17, 15) is 18.3 Å². The number of phenols is 1. The van der Waals surface area contributed by atoms with Crippen LogP contribution in [0, 0.1) is 6.92 Å². The van der Waals surface area contributed by atoms with Gasteiger partial charge in [-0.25, -0.2) is 4.98 Å². The van der Waals surface area contributed by atoms with E-state index in [0.717, 1.165) is 19.2 Å². The Morgan fingerprint density at radius 3 is 2.56 bits per heavy atom. The molecule has 3 rings (SSSR count). The van der Waals surface area contributed by atoms with Gasteiger partial charge in [-0.05, 0) is 36.8 Å².